The minimum absolute atomic E-state index is 0.500. The van der Waals surface area contributed by atoms with E-state index in [0.717, 1.165) is 5.92 Å². The van der Waals surface area contributed by atoms with Crippen LogP contribution >= 0.6 is 0 Å². The zero-order valence-corrected chi connectivity index (χ0v) is 15.2. The van der Waals surface area contributed by atoms with Crippen LogP contribution in [-0.4, -0.2) is 0 Å². The van der Waals surface area contributed by atoms with Gasteiger partial charge in [0.05, 0.1) is 0 Å². The lowest BCUT2D eigenvalue weighted by atomic mass is 9.91. The smallest absolute Gasteiger partial charge is 0.0354 e. The first-order valence-electron chi connectivity index (χ1n) is 7.67. The minimum Gasteiger partial charge on any atom is -0.0649 e. The molecule has 0 N–H and O–H groups in total. The summed E-state index contributed by atoms with van der Waals surface area (Å²) in [7, 11) is 0. The van der Waals surface area contributed by atoms with Crippen LogP contribution in [0.15, 0.2) is 0 Å². The molecule has 0 heterocycles. The first kappa shape index (κ1) is 20.3. The standard InChI is InChI=1S/C7H14.C6H14.C5H12/c1-7(2,3)6-4-5-6;1-5-6(2,3)4;1-5(2,3)4/h6H,4-5H2,1-3H3;5H2,1-4H3;1-4H3. The monoisotopic (exact) mass is 256 g/mol. The van der Waals surface area contributed by atoms with E-state index in [-0.39, 0.29) is 0 Å². The zero-order chi connectivity index (χ0) is 15.2. The van der Waals surface area contributed by atoms with Crippen LogP contribution in [0, 0.1) is 22.2 Å². The third-order valence-electron chi connectivity index (χ3n) is 2.86. The first-order valence-corrected chi connectivity index (χ1v) is 7.67. The van der Waals surface area contributed by atoms with Crippen molar-refractivity contribution in [2.75, 3.05) is 0 Å². The van der Waals surface area contributed by atoms with Gasteiger partial charge in [-0.2, -0.15) is 0 Å². The predicted molar refractivity (Wildman–Crippen MR) is 87.1 cm³/mol. The molecule has 112 valence electrons. The molecule has 0 unspecified atom stereocenters. The summed E-state index contributed by atoms with van der Waals surface area (Å²) in [5, 5.41) is 0. The minimum atomic E-state index is 0.500. The van der Waals surface area contributed by atoms with Crippen molar-refractivity contribution in [2.24, 2.45) is 22.2 Å². The molecule has 0 bridgehead atoms. The second kappa shape index (κ2) is 7.56. The lowest BCUT2D eigenvalue weighted by Gasteiger charge is -2.15. The van der Waals surface area contributed by atoms with Gasteiger partial charge >= 0.3 is 0 Å². The Kier molecular flexibility index (Phi) is 8.53. The van der Waals surface area contributed by atoms with Gasteiger partial charge in [0.2, 0.25) is 0 Å². The van der Waals surface area contributed by atoms with Gasteiger partial charge in [0, 0.05) is 0 Å². The molecule has 0 aromatic rings. The second-order valence-electron chi connectivity index (χ2n) is 9.55. The highest BCUT2D eigenvalue weighted by Crippen LogP contribution is 2.44. The summed E-state index contributed by atoms with van der Waals surface area (Å²) < 4.78 is 0. The van der Waals surface area contributed by atoms with Gasteiger partial charge in [0.1, 0.15) is 0 Å². The van der Waals surface area contributed by atoms with Crippen molar-refractivity contribution < 1.29 is 0 Å². The average Bonchev–Trinajstić information content (AvgIpc) is 2.80. The van der Waals surface area contributed by atoms with Crippen LogP contribution in [0.25, 0.3) is 0 Å². The van der Waals surface area contributed by atoms with Crippen LogP contribution in [0.2, 0.25) is 0 Å². The normalized spacial score (nSPS) is 16.2. The van der Waals surface area contributed by atoms with Crippen LogP contribution in [0.1, 0.15) is 95.4 Å². The Morgan fingerprint density at radius 3 is 0.944 bits per heavy atom. The van der Waals surface area contributed by atoms with Crippen molar-refractivity contribution in [3.63, 3.8) is 0 Å². The van der Waals surface area contributed by atoms with E-state index in [0.29, 0.717) is 16.2 Å². The molecule has 0 saturated heterocycles. The summed E-state index contributed by atoms with van der Waals surface area (Å²) in [6.07, 6.45) is 4.22. The van der Waals surface area contributed by atoms with Crippen LogP contribution in [-0.2, 0) is 0 Å². The molecule has 1 saturated carbocycles. The summed E-state index contributed by atoms with van der Waals surface area (Å²) in [4.78, 5) is 0. The molecule has 0 spiro atoms. The quantitative estimate of drug-likeness (QED) is 0.440. The molecular formula is C18H40. The average molecular weight is 257 g/mol. The molecule has 0 aliphatic heterocycles. The molecule has 0 heteroatoms. The maximum atomic E-state index is 2.32. The van der Waals surface area contributed by atoms with E-state index in [1.54, 1.807) is 0 Å². The molecule has 1 aliphatic rings. The fourth-order valence-electron chi connectivity index (χ4n) is 0.949. The molecule has 0 aromatic carbocycles. The van der Waals surface area contributed by atoms with Crippen molar-refractivity contribution in [2.45, 2.75) is 95.4 Å². The third kappa shape index (κ3) is 25.0. The zero-order valence-electron chi connectivity index (χ0n) is 15.2. The number of hydrogen-bond acceptors (Lipinski definition) is 0. The summed E-state index contributed by atoms with van der Waals surface area (Å²) in [6, 6.07) is 0. The van der Waals surface area contributed by atoms with E-state index < -0.39 is 0 Å². The van der Waals surface area contributed by atoms with Crippen LogP contribution < -0.4 is 0 Å². The Morgan fingerprint density at radius 1 is 0.722 bits per heavy atom. The van der Waals surface area contributed by atoms with Gasteiger partial charge in [0.25, 0.3) is 0 Å². The number of rotatable bonds is 0. The summed E-state index contributed by atoms with van der Waals surface area (Å²) in [6.45, 7) is 24.7. The first-order chi connectivity index (χ1) is 7.67. The van der Waals surface area contributed by atoms with Gasteiger partial charge in [-0.05, 0) is 35.0 Å². The molecule has 0 nitrogen and oxygen atoms in total. The van der Waals surface area contributed by atoms with Crippen LogP contribution in [0.4, 0.5) is 0 Å². The third-order valence-corrected chi connectivity index (χ3v) is 2.86. The van der Waals surface area contributed by atoms with E-state index in [9.17, 15) is 0 Å². The Labute approximate surface area is 118 Å². The predicted octanol–water partition coefficient (Wildman–Crippen LogP) is 6.94. The Balaban J connectivity index is 0. The summed E-state index contributed by atoms with van der Waals surface area (Å²) in [5.74, 6) is 1.05. The van der Waals surface area contributed by atoms with E-state index in [2.05, 4.69) is 76.2 Å². The van der Waals surface area contributed by atoms with Crippen LogP contribution in [0.5, 0.6) is 0 Å². The Bertz CT molecular complexity index is 182. The topological polar surface area (TPSA) is 0 Å². The SMILES string of the molecule is CC(C)(C)C.CC(C)(C)C1CC1.CCC(C)(C)C. The Hall–Kier alpha value is 0. The molecule has 0 amide bonds. The van der Waals surface area contributed by atoms with Crippen molar-refractivity contribution in [1.29, 1.82) is 0 Å². The molecule has 0 aromatic heterocycles. The highest BCUT2D eigenvalue weighted by molar-refractivity contribution is 4.84. The summed E-state index contributed by atoms with van der Waals surface area (Å²) >= 11 is 0. The van der Waals surface area contributed by atoms with E-state index >= 15 is 0 Å². The van der Waals surface area contributed by atoms with Gasteiger partial charge < -0.3 is 0 Å². The van der Waals surface area contributed by atoms with E-state index in [4.69, 9.17) is 0 Å². The largest absolute Gasteiger partial charge is 0.0649 e. The van der Waals surface area contributed by atoms with Crippen molar-refractivity contribution >= 4 is 0 Å². The van der Waals surface area contributed by atoms with Gasteiger partial charge in [-0.1, -0.05) is 82.6 Å². The molecular weight excluding hydrogens is 216 g/mol. The maximum Gasteiger partial charge on any atom is -0.0354 e. The van der Waals surface area contributed by atoms with E-state index in [1.807, 2.05) is 0 Å². The van der Waals surface area contributed by atoms with Crippen molar-refractivity contribution in [3.05, 3.63) is 0 Å². The van der Waals surface area contributed by atoms with Crippen molar-refractivity contribution in [1.82, 2.24) is 0 Å². The molecule has 0 atom stereocenters. The van der Waals surface area contributed by atoms with Crippen molar-refractivity contribution in [3.8, 4) is 0 Å². The molecule has 18 heavy (non-hydrogen) atoms. The fourth-order valence-corrected chi connectivity index (χ4v) is 0.949. The van der Waals surface area contributed by atoms with Crippen LogP contribution in [0.3, 0.4) is 0 Å². The molecule has 1 rings (SSSR count). The molecule has 1 aliphatic carbocycles. The Morgan fingerprint density at radius 2 is 0.944 bits per heavy atom. The van der Waals surface area contributed by atoms with E-state index in [1.165, 1.54) is 19.3 Å². The molecule has 1 fully saturated rings. The van der Waals surface area contributed by atoms with Gasteiger partial charge in [-0.3, -0.25) is 0 Å². The van der Waals surface area contributed by atoms with Gasteiger partial charge in [-0.25, -0.2) is 0 Å². The lowest BCUT2D eigenvalue weighted by molar-refractivity contribution is 0.351. The maximum absolute atomic E-state index is 2.32. The highest BCUT2D eigenvalue weighted by Gasteiger charge is 2.33. The second-order valence-corrected chi connectivity index (χ2v) is 9.55. The fraction of sp³-hybridized carbons (Fsp3) is 1.00. The van der Waals surface area contributed by atoms with Gasteiger partial charge in [-0.15, -0.1) is 0 Å². The molecule has 0 radical (unpaired) electrons. The highest BCUT2D eigenvalue weighted by atomic mass is 14.4. The number of hydrogen-bond donors (Lipinski definition) is 0. The summed E-state index contributed by atoms with van der Waals surface area (Å²) in [5.41, 5.74) is 1.65. The van der Waals surface area contributed by atoms with Gasteiger partial charge in [0.15, 0.2) is 0 Å². The lowest BCUT2D eigenvalue weighted by Crippen LogP contribution is -2.06.